The molecule has 0 radical (unpaired) electrons. The van der Waals surface area contributed by atoms with Crippen molar-refractivity contribution in [3.05, 3.63) is 28.8 Å². The highest BCUT2D eigenvalue weighted by Crippen LogP contribution is 2.28. The average Bonchev–Trinajstić information content (AvgIpc) is 2.36. The van der Waals surface area contributed by atoms with E-state index >= 15 is 0 Å². The van der Waals surface area contributed by atoms with E-state index in [1.807, 2.05) is 25.1 Å². The number of rotatable bonds is 8. The molecule has 2 unspecified atom stereocenters. The van der Waals surface area contributed by atoms with Crippen molar-refractivity contribution in [3.63, 3.8) is 0 Å². The van der Waals surface area contributed by atoms with Crippen LogP contribution < -0.4 is 4.74 Å². The zero-order valence-electron chi connectivity index (χ0n) is 12.3. The molecule has 0 aliphatic rings. The fourth-order valence-electron chi connectivity index (χ4n) is 2.16. The third-order valence-corrected chi connectivity index (χ3v) is 4.36. The van der Waals surface area contributed by atoms with Gasteiger partial charge in [0.1, 0.15) is 5.75 Å². The lowest BCUT2D eigenvalue weighted by Gasteiger charge is -2.21. The van der Waals surface area contributed by atoms with Crippen molar-refractivity contribution in [2.45, 2.75) is 33.6 Å². The lowest BCUT2D eigenvalue weighted by Crippen LogP contribution is -2.15. The fourth-order valence-corrected chi connectivity index (χ4v) is 2.91. The van der Waals surface area contributed by atoms with E-state index in [0.29, 0.717) is 29.2 Å². The first kappa shape index (κ1) is 17.5. The quantitative estimate of drug-likeness (QED) is 0.732. The van der Waals surface area contributed by atoms with Gasteiger partial charge in [0.15, 0.2) is 11.1 Å². The summed E-state index contributed by atoms with van der Waals surface area (Å²) in [6.45, 7) is 6.82. The molecule has 20 heavy (non-hydrogen) atoms. The van der Waals surface area contributed by atoms with Crippen LogP contribution in [0.1, 0.15) is 32.8 Å². The van der Waals surface area contributed by atoms with Crippen LogP contribution in [0, 0.1) is 11.8 Å². The van der Waals surface area contributed by atoms with E-state index in [9.17, 15) is 4.21 Å². The van der Waals surface area contributed by atoms with Crippen molar-refractivity contribution in [2.75, 3.05) is 12.4 Å². The molecule has 0 spiro atoms. The summed E-state index contributed by atoms with van der Waals surface area (Å²) in [6, 6.07) is 5.74. The molecule has 0 aliphatic carbocycles. The smallest absolute Gasteiger partial charge is 0.152 e. The predicted octanol–water partition coefficient (Wildman–Crippen LogP) is 4.17. The van der Waals surface area contributed by atoms with Crippen molar-refractivity contribution in [3.8, 4) is 5.75 Å². The molecule has 0 aliphatic heterocycles. The molecule has 2 atom stereocenters. The first-order chi connectivity index (χ1) is 9.43. The van der Waals surface area contributed by atoms with Crippen LogP contribution in [-0.2, 0) is 17.5 Å². The van der Waals surface area contributed by atoms with E-state index < -0.39 is 11.1 Å². The Kier molecular flexibility index (Phi) is 7.56. The Bertz CT molecular complexity index is 449. The maximum atomic E-state index is 10.8. The Morgan fingerprint density at radius 2 is 2.10 bits per heavy atom. The summed E-state index contributed by atoms with van der Waals surface area (Å²) in [4.78, 5) is 0. The second-order valence-electron chi connectivity index (χ2n) is 5.21. The Morgan fingerprint density at radius 3 is 2.60 bits per heavy atom. The SMILES string of the molecule is CCOc1ccc(CC(CCS(=O)O)C(C)C)c(Cl)c1. The van der Waals surface area contributed by atoms with E-state index in [-0.39, 0.29) is 0 Å². The average molecular weight is 319 g/mol. The Hall–Kier alpha value is -0.580. The van der Waals surface area contributed by atoms with Gasteiger partial charge in [0.2, 0.25) is 0 Å². The van der Waals surface area contributed by atoms with E-state index in [0.717, 1.165) is 24.2 Å². The Morgan fingerprint density at radius 1 is 1.40 bits per heavy atom. The molecule has 0 saturated heterocycles. The van der Waals surface area contributed by atoms with E-state index in [1.165, 1.54) is 0 Å². The van der Waals surface area contributed by atoms with Crippen molar-refractivity contribution < 1.29 is 13.5 Å². The Balaban J connectivity index is 2.75. The molecule has 3 nitrogen and oxygen atoms in total. The monoisotopic (exact) mass is 318 g/mol. The highest BCUT2D eigenvalue weighted by Gasteiger charge is 2.17. The van der Waals surface area contributed by atoms with Gasteiger partial charge in [0.25, 0.3) is 0 Å². The third-order valence-electron chi connectivity index (χ3n) is 3.42. The molecule has 0 heterocycles. The van der Waals surface area contributed by atoms with E-state index in [4.69, 9.17) is 20.9 Å². The molecule has 1 N–H and O–H groups in total. The number of halogens is 1. The highest BCUT2D eigenvalue weighted by molar-refractivity contribution is 7.79. The van der Waals surface area contributed by atoms with Gasteiger partial charge < -0.3 is 9.29 Å². The molecule has 0 bridgehead atoms. The molecule has 114 valence electrons. The minimum Gasteiger partial charge on any atom is -0.494 e. The van der Waals surface area contributed by atoms with Crippen LogP contribution in [-0.4, -0.2) is 21.1 Å². The first-order valence-electron chi connectivity index (χ1n) is 6.92. The van der Waals surface area contributed by atoms with Gasteiger partial charge >= 0.3 is 0 Å². The van der Waals surface area contributed by atoms with Crippen molar-refractivity contribution >= 4 is 22.7 Å². The van der Waals surface area contributed by atoms with Crippen LogP contribution in [0.2, 0.25) is 5.02 Å². The highest BCUT2D eigenvalue weighted by atomic mass is 35.5. The van der Waals surface area contributed by atoms with Gasteiger partial charge in [-0.05, 0) is 49.3 Å². The fraction of sp³-hybridized carbons (Fsp3) is 0.600. The second-order valence-corrected chi connectivity index (χ2v) is 6.67. The lowest BCUT2D eigenvalue weighted by atomic mass is 9.87. The van der Waals surface area contributed by atoms with Gasteiger partial charge in [-0.15, -0.1) is 0 Å². The number of hydrogen-bond acceptors (Lipinski definition) is 2. The summed E-state index contributed by atoms with van der Waals surface area (Å²) in [6.07, 6.45) is 1.55. The molecule has 0 aromatic heterocycles. The molecule has 0 fully saturated rings. The standard InChI is InChI=1S/C15H23ClO3S/c1-4-19-14-6-5-13(15(16)10-14)9-12(11(2)3)7-8-20(17)18/h5-6,10-12H,4,7-9H2,1-3H3,(H,17,18). The number of hydrogen-bond donors (Lipinski definition) is 1. The van der Waals surface area contributed by atoms with Crippen molar-refractivity contribution in [2.24, 2.45) is 11.8 Å². The van der Waals surface area contributed by atoms with Crippen LogP contribution >= 0.6 is 11.6 Å². The predicted molar refractivity (Wildman–Crippen MR) is 84.9 cm³/mol. The van der Waals surface area contributed by atoms with Crippen LogP contribution in [0.3, 0.4) is 0 Å². The molecular formula is C15H23ClO3S. The maximum Gasteiger partial charge on any atom is 0.152 e. The minimum absolute atomic E-state index is 0.317. The topological polar surface area (TPSA) is 46.5 Å². The summed E-state index contributed by atoms with van der Waals surface area (Å²) in [7, 11) is 0. The van der Waals surface area contributed by atoms with Gasteiger partial charge in [-0.25, -0.2) is 4.21 Å². The summed E-state index contributed by atoms with van der Waals surface area (Å²) < 4.78 is 25.2. The molecular weight excluding hydrogens is 296 g/mol. The molecule has 1 aromatic rings. The minimum atomic E-state index is -1.73. The number of ether oxygens (including phenoxy) is 1. The van der Waals surface area contributed by atoms with Crippen LogP contribution in [0.5, 0.6) is 5.75 Å². The largest absolute Gasteiger partial charge is 0.494 e. The van der Waals surface area contributed by atoms with Gasteiger partial charge in [-0.3, -0.25) is 0 Å². The normalized spacial score (nSPS) is 14.3. The zero-order chi connectivity index (χ0) is 15.1. The third kappa shape index (κ3) is 5.81. The number of benzene rings is 1. The van der Waals surface area contributed by atoms with E-state index in [2.05, 4.69) is 13.8 Å². The molecule has 1 rings (SSSR count). The summed E-state index contributed by atoms with van der Waals surface area (Å²) in [5.41, 5.74) is 1.07. The maximum absolute atomic E-state index is 10.8. The van der Waals surface area contributed by atoms with Crippen molar-refractivity contribution in [1.82, 2.24) is 0 Å². The molecule has 0 amide bonds. The van der Waals surface area contributed by atoms with Crippen LogP contribution in [0.15, 0.2) is 18.2 Å². The van der Waals surface area contributed by atoms with Crippen molar-refractivity contribution in [1.29, 1.82) is 0 Å². The van der Waals surface area contributed by atoms with Gasteiger partial charge in [-0.1, -0.05) is 31.5 Å². The van der Waals surface area contributed by atoms with Gasteiger partial charge in [0.05, 0.1) is 6.61 Å². The zero-order valence-corrected chi connectivity index (χ0v) is 13.8. The van der Waals surface area contributed by atoms with E-state index in [1.54, 1.807) is 0 Å². The summed E-state index contributed by atoms with van der Waals surface area (Å²) in [5, 5.41) is 0.701. The first-order valence-corrected chi connectivity index (χ1v) is 8.58. The summed E-state index contributed by atoms with van der Waals surface area (Å²) >= 11 is 4.56. The van der Waals surface area contributed by atoms with Gasteiger partial charge in [0, 0.05) is 10.8 Å². The molecule has 5 heteroatoms. The lowest BCUT2D eigenvalue weighted by molar-refractivity contribution is 0.339. The van der Waals surface area contributed by atoms with Gasteiger partial charge in [-0.2, -0.15) is 0 Å². The van der Waals surface area contributed by atoms with Crippen LogP contribution in [0.25, 0.3) is 0 Å². The second kappa shape index (κ2) is 8.65. The molecule has 1 aromatic carbocycles. The van der Waals surface area contributed by atoms with Crippen LogP contribution in [0.4, 0.5) is 0 Å². The summed E-state index contributed by atoms with van der Waals surface area (Å²) in [5.74, 6) is 1.89. The Labute approximate surface area is 129 Å². The molecule has 0 saturated carbocycles.